The summed E-state index contributed by atoms with van der Waals surface area (Å²) in [6.07, 6.45) is 0.933. The molecule has 0 atom stereocenters. The van der Waals surface area contributed by atoms with E-state index >= 15 is 0 Å². The van der Waals surface area contributed by atoms with Crippen molar-refractivity contribution in [3.8, 4) is 0 Å². The zero-order chi connectivity index (χ0) is 19.6. The zero-order valence-electron chi connectivity index (χ0n) is 16.3. The number of carboxylic acids is 1. The highest BCUT2D eigenvalue weighted by Gasteiger charge is 2.28. The lowest BCUT2D eigenvalue weighted by Crippen LogP contribution is -2.45. The quantitative estimate of drug-likeness (QED) is 0.868. The predicted molar refractivity (Wildman–Crippen MR) is 98.2 cm³/mol. The van der Waals surface area contributed by atoms with Crippen molar-refractivity contribution >= 4 is 17.8 Å². The van der Waals surface area contributed by atoms with Crippen molar-refractivity contribution in [3.05, 3.63) is 23.0 Å². The SMILES string of the molecule is Cc1cc(C(=O)N(C)CC(=O)N2CCC(C(=O)O)CC2)c(C)n1C(C)C. The molecule has 144 valence electrons. The number of likely N-dealkylation sites (N-methyl/N-ethyl adjacent to an activating group) is 1. The Morgan fingerprint density at radius 2 is 1.81 bits per heavy atom. The minimum Gasteiger partial charge on any atom is -0.481 e. The number of nitrogens with zero attached hydrogens (tertiary/aromatic N) is 3. The monoisotopic (exact) mass is 363 g/mol. The van der Waals surface area contributed by atoms with Crippen molar-refractivity contribution in [3.63, 3.8) is 0 Å². The third kappa shape index (κ3) is 4.08. The molecule has 0 aliphatic carbocycles. The molecule has 1 fully saturated rings. The summed E-state index contributed by atoms with van der Waals surface area (Å²) in [6.45, 7) is 8.90. The average Bonchev–Trinajstić information content (AvgIpc) is 2.88. The molecule has 1 aliphatic heterocycles. The highest BCUT2D eigenvalue weighted by Crippen LogP contribution is 2.22. The molecule has 0 spiro atoms. The van der Waals surface area contributed by atoms with E-state index in [4.69, 9.17) is 5.11 Å². The molecule has 0 radical (unpaired) electrons. The number of hydrogen-bond donors (Lipinski definition) is 1. The van der Waals surface area contributed by atoms with Gasteiger partial charge in [0.15, 0.2) is 0 Å². The molecule has 2 heterocycles. The van der Waals surface area contributed by atoms with E-state index < -0.39 is 5.97 Å². The number of likely N-dealkylation sites (tertiary alicyclic amines) is 1. The number of piperidine rings is 1. The lowest BCUT2D eigenvalue weighted by atomic mass is 9.97. The average molecular weight is 363 g/mol. The van der Waals surface area contributed by atoms with E-state index in [9.17, 15) is 14.4 Å². The Balaban J connectivity index is 2.00. The molecule has 7 nitrogen and oxygen atoms in total. The summed E-state index contributed by atoms with van der Waals surface area (Å²) in [5.74, 6) is -1.48. The second kappa shape index (κ2) is 7.93. The number of aryl methyl sites for hydroxylation is 1. The van der Waals surface area contributed by atoms with Crippen LogP contribution in [0.4, 0.5) is 0 Å². The van der Waals surface area contributed by atoms with Crippen molar-refractivity contribution in [2.75, 3.05) is 26.7 Å². The Morgan fingerprint density at radius 3 is 2.27 bits per heavy atom. The van der Waals surface area contributed by atoms with E-state index in [0.717, 1.165) is 11.4 Å². The lowest BCUT2D eigenvalue weighted by molar-refractivity contribution is -0.145. The van der Waals surface area contributed by atoms with E-state index in [2.05, 4.69) is 18.4 Å². The first-order valence-corrected chi connectivity index (χ1v) is 9.08. The number of carbonyl (C=O) groups excluding carboxylic acids is 2. The lowest BCUT2D eigenvalue weighted by Gasteiger charge is -2.31. The standard InChI is InChI=1S/C19H29N3O4/c1-12(2)22-13(3)10-16(14(22)4)18(24)20(5)11-17(23)21-8-6-15(7-9-21)19(25)26/h10,12,15H,6-9,11H2,1-5H3,(H,25,26). The fraction of sp³-hybridized carbons (Fsp3) is 0.632. The number of carboxylic acid groups (broad SMARTS) is 1. The molecule has 0 saturated carbocycles. The minimum atomic E-state index is -0.801. The Bertz CT molecular complexity index is 700. The first-order valence-electron chi connectivity index (χ1n) is 9.08. The summed E-state index contributed by atoms with van der Waals surface area (Å²) in [7, 11) is 1.63. The third-order valence-corrected chi connectivity index (χ3v) is 5.15. The van der Waals surface area contributed by atoms with Gasteiger partial charge < -0.3 is 19.5 Å². The summed E-state index contributed by atoms with van der Waals surface area (Å²) in [5.41, 5.74) is 2.55. The van der Waals surface area contributed by atoms with Crippen LogP contribution in [0.15, 0.2) is 6.07 Å². The Hall–Kier alpha value is -2.31. The third-order valence-electron chi connectivity index (χ3n) is 5.15. The molecule has 0 bridgehead atoms. The molecule has 7 heteroatoms. The number of aliphatic carboxylic acids is 1. The largest absolute Gasteiger partial charge is 0.481 e. The van der Waals surface area contributed by atoms with Crippen LogP contribution in [0.2, 0.25) is 0 Å². The number of rotatable bonds is 5. The van der Waals surface area contributed by atoms with Gasteiger partial charge in [-0.1, -0.05) is 0 Å². The molecular formula is C19H29N3O4. The van der Waals surface area contributed by atoms with E-state index in [1.807, 2.05) is 19.9 Å². The molecule has 1 aromatic rings. The van der Waals surface area contributed by atoms with Crippen molar-refractivity contribution in [2.24, 2.45) is 5.92 Å². The van der Waals surface area contributed by atoms with E-state index in [1.54, 1.807) is 11.9 Å². The van der Waals surface area contributed by atoms with Crippen LogP contribution in [0, 0.1) is 19.8 Å². The van der Waals surface area contributed by atoms with Gasteiger partial charge in [-0.05, 0) is 46.6 Å². The highest BCUT2D eigenvalue weighted by atomic mass is 16.4. The first-order chi connectivity index (χ1) is 12.1. The fourth-order valence-electron chi connectivity index (χ4n) is 3.74. The molecule has 2 amide bonds. The maximum Gasteiger partial charge on any atom is 0.306 e. The van der Waals surface area contributed by atoms with Crippen molar-refractivity contribution in [1.82, 2.24) is 14.4 Å². The van der Waals surface area contributed by atoms with Gasteiger partial charge in [-0.2, -0.15) is 0 Å². The van der Waals surface area contributed by atoms with Gasteiger partial charge in [0, 0.05) is 37.6 Å². The van der Waals surface area contributed by atoms with Crippen molar-refractivity contribution in [2.45, 2.75) is 46.6 Å². The summed E-state index contributed by atoms with van der Waals surface area (Å²) >= 11 is 0. The van der Waals surface area contributed by atoms with E-state index in [-0.39, 0.29) is 30.3 Å². The van der Waals surface area contributed by atoms with Gasteiger partial charge in [-0.25, -0.2) is 0 Å². The molecule has 2 rings (SSSR count). The number of hydrogen-bond acceptors (Lipinski definition) is 3. The zero-order valence-corrected chi connectivity index (χ0v) is 16.3. The predicted octanol–water partition coefficient (Wildman–Crippen LogP) is 2.08. The van der Waals surface area contributed by atoms with Crippen LogP contribution in [-0.4, -0.2) is 63.9 Å². The van der Waals surface area contributed by atoms with E-state index in [0.29, 0.717) is 31.5 Å². The van der Waals surface area contributed by atoms with Crippen molar-refractivity contribution in [1.29, 1.82) is 0 Å². The Kier molecular flexibility index (Phi) is 6.10. The molecule has 26 heavy (non-hydrogen) atoms. The normalized spacial score (nSPS) is 15.4. The van der Waals surface area contributed by atoms with Crippen LogP contribution in [0.1, 0.15) is 54.5 Å². The summed E-state index contributed by atoms with van der Waals surface area (Å²) < 4.78 is 2.11. The first kappa shape index (κ1) is 20.0. The van der Waals surface area contributed by atoms with Crippen LogP contribution < -0.4 is 0 Å². The summed E-state index contributed by atoms with van der Waals surface area (Å²) in [4.78, 5) is 39.3. The van der Waals surface area contributed by atoms with Gasteiger partial charge in [0.1, 0.15) is 0 Å². The number of aromatic nitrogens is 1. The van der Waals surface area contributed by atoms with Crippen LogP contribution in [-0.2, 0) is 9.59 Å². The van der Waals surface area contributed by atoms with Gasteiger partial charge in [-0.15, -0.1) is 0 Å². The molecule has 1 aromatic heterocycles. The van der Waals surface area contributed by atoms with Gasteiger partial charge in [-0.3, -0.25) is 14.4 Å². The Labute approximate surface area is 154 Å². The summed E-state index contributed by atoms with van der Waals surface area (Å²) in [6, 6.07) is 2.13. The maximum absolute atomic E-state index is 12.8. The number of amides is 2. The van der Waals surface area contributed by atoms with Crippen LogP contribution in [0.3, 0.4) is 0 Å². The smallest absolute Gasteiger partial charge is 0.306 e. The van der Waals surface area contributed by atoms with E-state index in [1.165, 1.54) is 4.90 Å². The molecule has 1 aliphatic rings. The van der Waals surface area contributed by atoms with Crippen LogP contribution >= 0.6 is 0 Å². The molecule has 1 saturated heterocycles. The van der Waals surface area contributed by atoms with Crippen LogP contribution in [0.25, 0.3) is 0 Å². The van der Waals surface area contributed by atoms with Gasteiger partial charge in [0.2, 0.25) is 5.91 Å². The number of carbonyl (C=O) groups is 3. The molecular weight excluding hydrogens is 334 g/mol. The molecule has 1 N–H and O–H groups in total. The van der Waals surface area contributed by atoms with Gasteiger partial charge >= 0.3 is 5.97 Å². The summed E-state index contributed by atoms with van der Waals surface area (Å²) in [5, 5.41) is 9.04. The van der Waals surface area contributed by atoms with Gasteiger partial charge in [0.05, 0.1) is 18.0 Å². The molecule has 0 aromatic carbocycles. The molecule has 0 unspecified atom stereocenters. The Morgan fingerprint density at radius 1 is 1.23 bits per heavy atom. The second-order valence-corrected chi connectivity index (χ2v) is 7.40. The van der Waals surface area contributed by atoms with Crippen LogP contribution in [0.5, 0.6) is 0 Å². The van der Waals surface area contributed by atoms with Crippen molar-refractivity contribution < 1.29 is 19.5 Å². The topological polar surface area (TPSA) is 82.8 Å². The van der Waals surface area contributed by atoms with Gasteiger partial charge in [0.25, 0.3) is 5.91 Å². The second-order valence-electron chi connectivity index (χ2n) is 7.40. The highest BCUT2D eigenvalue weighted by molar-refractivity contribution is 5.97. The maximum atomic E-state index is 12.8. The minimum absolute atomic E-state index is 0.00190. The fourth-order valence-corrected chi connectivity index (χ4v) is 3.74.